The monoisotopic (exact) mass is 434 g/mol. The van der Waals surface area contributed by atoms with E-state index in [0.29, 0.717) is 0 Å². The molecule has 0 spiro atoms. The van der Waals surface area contributed by atoms with Crippen molar-refractivity contribution in [1.29, 1.82) is 0 Å². The minimum absolute atomic E-state index is 0. The van der Waals surface area contributed by atoms with Gasteiger partial charge in [-0.2, -0.15) is 0 Å². The van der Waals surface area contributed by atoms with Crippen molar-refractivity contribution < 1.29 is 39.3 Å². The van der Waals surface area contributed by atoms with E-state index >= 15 is 0 Å². The maximum Gasteiger partial charge on any atom is 2.00 e. The van der Waals surface area contributed by atoms with Crippen LogP contribution in [0.15, 0.2) is 47.5 Å². The van der Waals surface area contributed by atoms with E-state index in [0.717, 1.165) is 24.0 Å². The van der Waals surface area contributed by atoms with Crippen LogP contribution >= 0.6 is 0 Å². The summed E-state index contributed by atoms with van der Waals surface area (Å²) in [7, 11) is 0. The summed E-state index contributed by atoms with van der Waals surface area (Å²) in [4.78, 5) is 20.0. The number of allylic oxidation sites excluding steroid dienone is 8. The van der Waals surface area contributed by atoms with E-state index in [2.05, 4.69) is 25.2 Å². The number of ketones is 2. The smallest absolute Gasteiger partial charge is 0.876 e. The number of carbonyl (C=O) groups is 2. The van der Waals surface area contributed by atoms with E-state index in [1.165, 1.54) is 47.0 Å². The predicted molar refractivity (Wildman–Crippen MR) is 92.6 cm³/mol. The fourth-order valence-electron chi connectivity index (χ4n) is 2.60. The van der Waals surface area contributed by atoms with Gasteiger partial charge in [0.2, 0.25) is 0 Å². The van der Waals surface area contributed by atoms with Crippen molar-refractivity contribution in [3.8, 4) is 0 Å². The normalized spacial score (nSPS) is 21.4. The van der Waals surface area contributed by atoms with Gasteiger partial charge in [-0.3, -0.25) is 9.59 Å². The zero-order valence-corrected chi connectivity index (χ0v) is 17.4. The van der Waals surface area contributed by atoms with Crippen molar-refractivity contribution in [2.75, 3.05) is 0 Å². The van der Waals surface area contributed by atoms with Crippen LogP contribution in [0.4, 0.5) is 0 Å². The van der Waals surface area contributed by atoms with Crippen LogP contribution in [0.25, 0.3) is 0 Å². The second-order valence-electron chi connectivity index (χ2n) is 6.27. The summed E-state index contributed by atoms with van der Waals surface area (Å²) in [6.07, 6.45) is 13.3. The third-order valence-electron chi connectivity index (χ3n) is 3.62. The summed E-state index contributed by atoms with van der Waals surface area (Å²) < 4.78 is 0. The quantitative estimate of drug-likeness (QED) is 0.290. The maximum atomic E-state index is 9.98. The van der Waals surface area contributed by atoms with Crippen molar-refractivity contribution in [1.82, 2.24) is 0 Å². The van der Waals surface area contributed by atoms with Crippen LogP contribution in [0.1, 0.15) is 53.9 Å². The number of rotatable bonds is 2. The van der Waals surface area contributed by atoms with E-state index in [-0.39, 0.29) is 42.6 Å². The zero-order valence-electron chi connectivity index (χ0n) is 15.6. The first-order valence-electron chi connectivity index (χ1n) is 8.16. The number of hydrogen-bond donors (Lipinski definition) is 0. The van der Waals surface area contributed by atoms with E-state index < -0.39 is 0 Å². The van der Waals surface area contributed by atoms with Crippen LogP contribution in [0.3, 0.4) is 0 Å². The first kappa shape index (κ1) is 25.8. The van der Waals surface area contributed by atoms with Gasteiger partial charge >= 0.3 is 19.5 Å². The zero-order chi connectivity index (χ0) is 18.7. The first-order chi connectivity index (χ1) is 11.1. The van der Waals surface area contributed by atoms with Gasteiger partial charge in [0.15, 0.2) is 11.6 Å². The molecule has 0 unspecified atom stereocenters. The molecule has 4 nitrogen and oxygen atoms in total. The molecule has 2 aliphatic rings. The Kier molecular flexibility index (Phi) is 14.2. The van der Waals surface area contributed by atoms with E-state index in [9.17, 15) is 19.8 Å². The van der Waals surface area contributed by atoms with Gasteiger partial charge in [-0.1, -0.05) is 37.6 Å². The summed E-state index contributed by atoms with van der Waals surface area (Å²) in [5, 5.41) is 20.0. The molecule has 5 heteroatoms. The Bertz CT molecular complexity index is 520. The van der Waals surface area contributed by atoms with Gasteiger partial charge in [-0.25, -0.2) is 0 Å². The second kappa shape index (κ2) is 13.8. The molecule has 0 heterocycles. The SMILES string of the molecule is CC(=O)/C=C(/C)[O-].CC(=O)/C=C(/C)[O-].CC1=CC[C@@H]2C=CC[C@H]1C2.[Ru+2]. The predicted octanol–water partition coefficient (Wildman–Crippen LogP) is 2.60. The molecule has 25 heavy (non-hydrogen) atoms. The molecule has 0 saturated heterocycles. The molecular formula is C20H28O4Ru. The Morgan fingerprint density at radius 3 is 1.80 bits per heavy atom. The minimum atomic E-state index is -0.187. The average Bonchev–Trinajstić information content (AvgIpc) is 2.42. The molecule has 0 amide bonds. The number of hydrogen-bond acceptors (Lipinski definition) is 4. The maximum absolute atomic E-state index is 9.98. The van der Waals surface area contributed by atoms with Crippen LogP contribution in [-0.4, -0.2) is 11.6 Å². The molecule has 0 saturated carbocycles. The Hall–Kier alpha value is -1.48. The molecule has 0 N–H and O–H groups in total. The van der Waals surface area contributed by atoms with Crippen molar-refractivity contribution >= 4 is 11.6 Å². The Labute approximate surface area is 164 Å². The third kappa shape index (κ3) is 14.6. The van der Waals surface area contributed by atoms with Crippen LogP contribution in [0.2, 0.25) is 0 Å². The van der Waals surface area contributed by atoms with Crippen LogP contribution < -0.4 is 10.2 Å². The third-order valence-corrected chi connectivity index (χ3v) is 3.62. The second-order valence-corrected chi connectivity index (χ2v) is 6.27. The molecule has 140 valence electrons. The van der Waals surface area contributed by atoms with Gasteiger partial charge < -0.3 is 10.2 Å². The topological polar surface area (TPSA) is 80.3 Å². The van der Waals surface area contributed by atoms with Gasteiger partial charge in [0.25, 0.3) is 0 Å². The molecular weight excluding hydrogens is 405 g/mol. The van der Waals surface area contributed by atoms with Crippen LogP contribution in [0.5, 0.6) is 0 Å². The summed E-state index contributed by atoms with van der Waals surface area (Å²) in [6, 6.07) is 0. The molecule has 2 bridgehead atoms. The first-order valence-corrected chi connectivity index (χ1v) is 8.16. The Morgan fingerprint density at radius 1 is 1.00 bits per heavy atom. The summed E-state index contributed by atoms with van der Waals surface area (Å²) in [6.45, 7) is 7.67. The van der Waals surface area contributed by atoms with Gasteiger partial charge in [-0.15, -0.1) is 11.5 Å². The molecule has 0 aromatic heterocycles. The fourth-order valence-corrected chi connectivity index (χ4v) is 2.60. The largest absolute Gasteiger partial charge is 2.00 e. The van der Waals surface area contributed by atoms with Crippen molar-refractivity contribution in [3.63, 3.8) is 0 Å². The summed E-state index contributed by atoms with van der Waals surface area (Å²) in [5.74, 6) is 1.02. The van der Waals surface area contributed by atoms with E-state index in [4.69, 9.17) is 0 Å². The Balaban J connectivity index is 0. The van der Waals surface area contributed by atoms with Gasteiger partial charge in [0.05, 0.1) is 0 Å². The van der Waals surface area contributed by atoms with Crippen LogP contribution in [-0.2, 0) is 29.1 Å². The molecule has 2 rings (SSSR count). The van der Waals surface area contributed by atoms with Crippen molar-refractivity contribution in [3.05, 3.63) is 47.5 Å². The van der Waals surface area contributed by atoms with Crippen molar-refractivity contribution in [2.24, 2.45) is 11.8 Å². The van der Waals surface area contributed by atoms with E-state index in [1.807, 2.05) is 0 Å². The van der Waals surface area contributed by atoms with E-state index in [1.54, 1.807) is 5.57 Å². The fraction of sp³-hybridized carbons (Fsp3) is 0.500. The van der Waals surface area contributed by atoms with Crippen LogP contribution in [0, 0.1) is 11.8 Å². The number of fused-ring (bicyclic) bond motifs is 2. The minimum Gasteiger partial charge on any atom is -0.876 e. The van der Waals surface area contributed by atoms with Crippen molar-refractivity contribution in [2.45, 2.75) is 53.9 Å². The molecule has 0 aromatic carbocycles. The molecule has 0 aliphatic heterocycles. The molecule has 0 radical (unpaired) electrons. The molecule has 2 aliphatic carbocycles. The van der Waals surface area contributed by atoms with Gasteiger partial charge in [0, 0.05) is 0 Å². The molecule has 0 aromatic rings. The Morgan fingerprint density at radius 2 is 1.48 bits per heavy atom. The molecule has 0 fully saturated rings. The van der Waals surface area contributed by atoms with Gasteiger partial charge in [0.1, 0.15) is 0 Å². The van der Waals surface area contributed by atoms with Gasteiger partial charge in [-0.05, 0) is 64.0 Å². The molecule has 2 atom stereocenters. The standard InChI is InChI=1S/C10H14.2C5H8O2.Ru/c1-8-5-6-9-3-2-4-10(8)7-9;2*1-4(6)3-5(2)7;/h2-3,5,9-10H,4,6-7H2,1H3;2*3,6H,1-2H3;/q;;;+2/p-2/b;2*4-3-;/t9-,10-;;;/m0.../s1. The summed E-state index contributed by atoms with van der Waals surface area (Å²) >= 11 is 0. The average molecular weight is 434 g/mol. The summed E-state index contributed by atoms with van der Waals surface area (Å²) in [5.41, 5.74) is 1.63. The number of carbonyl (C=O) groups excluding carboxylic acids is 2.